The van der Waals surface area contributed by atoms with Crippen molar-refractivity contribution in [2.45, 2.75) is 43.0 Å². The summed E-state index contributed by atoms with van der Waals surface area (Å²) in [6.45, 7) is 2.14. The van der Waals surface area contributed by atoms with Gasteiger partial charge in [-0.1, -0.05) is 19.8 Å². The Hall–Kier alpha value is -1.09. The van der Waals surface area contributed by atoms with Crippen LogP contribution in [-0.2, 0) is 10.0 Å². The van der Waals surface area contributed by atoms with Gasteiger partial charge in [0.25, 0.3) is 0 Å². The highest BCUT2D eigenvalue weighted by atomic mass is 35.5. The first-order valence-electron chi connectivity index (χ1n) is 7.95. The predicted octanol–water partition coefficient (Wildman–Crippen LogP) is 2.45. The first kappa shape index (κ1) is 22.0. The number of hydrogen-bond donors (Lipinski definition) is 2. The minimum atomic E-state index is -4.09. The minimum Gasteiger partial charge on any atom is -0.493 e. The van der Waals surface area contributed by atoms with Crippen LogP contribution in [0, 0.1) is 11.7 Å². The van der Waals surface area contributed by atoms with E-state index >= 15 is 0 Å². The smallest absolute Gasteiger partial charge is 0.244 e. The maximum atomic E-state index is 14.3. The summed E-state index contributed by atoms with van der Waals surface area (Å²) in [7, 11) is -1.37. The molecule has 9 heteroatoms. The van der Waals surface area contributed by atoms with Crippen molar-refractivity contribution < 1.29 is 22.3 Å². The molecule has 2 atom stereocenters. The molecule has 1 aromatic carbocycles. The van der Waals surface area contributed by atoms with Crippen LogP contribution in [0.5, 0.6) is 11.5 Å². The van der Waals surface area contributed by atoms with Crippen LogP contribution in [0.3, 0.4) is 0 Å². The van der Waals surface area contributed by atoms with E-state index in [1.54, 1.807) is 0 Å². The minimum absolute atomic E-state index is 0. The molecule has 25 heavy (non-hydrogen) atoms. The van der Waals surface area contributed by atoms with Gasteiger partial charge in [0.1, 0.15) is 10.7 Å². The van der Waals surface area contributed by atoms with E-state index in [4.69, 9.17) is 15.2 Å². The average Bonchev–Trinajstić information content (AvgIpc) is 2.56. The lowest BCUT2D eigenvalue weighted by Gasteiger charge is -2.42. The second-order valence-electron chi connectivity index (χ2n) is 6.25. The Balaban J connectivity index is 0.00000312. The number of rotatable bonds is 6. The lowest BCUT2D eigenvalue weighted by Crippen LogP contribution is -2.59. The lowest BCUT2D eigenvalue weighted by molar-refractivity contribution is 0.191. The van der Waals surface area contributed by atoms with Gasteiger partial charge in [-0.15, -0.1) is 12.4 Å². The summed E-state index contributed by atoms with van der Waals surface area (Å²) in [5.74, 6) is -0.531. The summed E-state index contributed by atoms with van der Waals surface area (Å²) in [5.41, 5.74) is 5.14. The van der Waals surface area contributed by atoms with Crippen molar-refractivity contribution in [3.63, 3.8) is 0 Å². The van der Waals surface area contributed by atoms with Gasteiger partial charge in [0.15, 0.2) is 11.5 Å². The van der Waals surface area contributed by atoms with Crippen LogP contribution in [0.4, 0.5) is 4.39 Å². The van der Waals surface area contributed by atoms with E-state index in [0.29, 0.717) is 6.42 Å². The number of nitrogens with two attached hydrogens (primary N) is 1. The lowest BCUT2D eigenvalue weighted by atomic mass is 9.74. The standard InChI is InChI=1S/C16H25FN2O4S.ClH/c1-11-6-4-5-7-16(11,10-18)19-24(20,21)15-9-14(23-3)13(22-2)8-12(15)17;/h8-9,11,19H,4-7,10,18H2,1-3H3;1H. The molecule has 1 aliphatic carbocycles. The monoisotopic (exact) mass is 396 g/mol. The van der Waals surface area contributed by atoms with E-state index in [2.05, 4.69) is 4.72 Å². The highest BCUT2D eigenvalue weighted by Gasteiger charge is 2.41. The first-order valence-corrected chi connectivity index (χ1v) is 9.43. The summed E-state index contributed by atoms with van der Waals surface area (Å²) in [6, 6.07) is 2.14. The van der Waals surface area contributed by atoms with Crippen LogP contribution in [-0.4, -0.2) is 34.7 Å². The molecule has 0 bridgehead atoms. The second kappa shape index (κ2) is 8.53. The molecule has 0 aliphatic heterocycles. The van der Waals surface area contributed by atoms with Gasteiger partial charge < -0.3 is 15.2 Å². The second-order valence-corrected chi connectivity index (χ2v) is 7.90. The summed E-state index contributed by atoms with van der Waals surface area (Å²) in [6.07, 6.45) is 3.45. The third kappa shape index (κ3) is 4.36. The van der Waals surface area contributed by atoms with Crippen molar-refractivity contribution in [2.24, 2.45) is 11.7 Å². The van der Waals surface area contributed by atoms with Gasteiger partial charge in [0.2, 0.25) is 10.0 Å². The quantitative estimate of drug-likeness (QED) is 0.770. The van der Waals surface area contributed by atoms with E-state index < -0.39 is 26.3 Å². The zero-order valence-electron chi connectivity index (χ0n) is 14.7. The molecule has 1 fully saturated rings. The molecule has 0 radical (unpaired) electrons. The SMILES string of the molecule is COc1cc(F)c(S(=O)(=O)NC2(CN)CCCCC2C)cc1OC.Cl. The number of methoxy groups -OCH3 is 2. The van der Waals surface area contributed by atoms with E-state index in [-0.39, 0.29) is 36.4 Å². The molecule has 2 rings (SSSR count). The fraction of sp³-hybridized carbons (Fsp3) is 0.625. The molecule has 3 N–H and O–H groups in total. The molecular formula is C16H26ClFN2O4S. The van der Waals surface area contributed by atoms with Crippen molar-refractivity contribution in [3.8, 4) is 11.5 Å². The molecule has 1 aliphatic rings. The normalized spacial score (nSPS) is 23.6. The van der Waals surface area contributed by atoms with Crippen molar-refractivity contribution in [2.75, 3.05) is 20.8 Å². The maximum Gasteiger partial charge on any atom is 0.244 e. The fourth-order valence-corrected chi connectivity index (χ4v) is 4.88. The first-order chi connectivity index (χ1) is 11.3. The number of halogens is 2. The number of benzene rings is 1. The highest BCUT2D eigenvalue weighted by Crippen LogP contribution is 2.36. The molecule has 0 saturated heterocycles. The third-order valence-electron chi connectivity index (χ3n) is 4.88. The van der Waals surface area contributed by atoms with Crippen LogP contribution in [0.15, 0.2) is 17.0 Å². The van der Waals surface area contributed by atoms with Crippen LogP contribution < -0.4 is 19.9 Å². The van der Waals surface area contributed by atoms with Crippen LogP contribution >= 0.6 is 12.4 Å². The third-order valence-corrected chi connectivity index (χ3v) is 6.45. The Labute approximate surface area is 154 Å². The Morgan fingerprint density at radius 1 is 1.28 bits per heavy atom. The molecule has 0 spiro atoms. The van der Waals surface area contributed by atoms with Gasteiger partial charge in [-0.3, -0.25) is 0 Å². The molecule has 144 valence electrons. The largest absolute Gasteiger partial charge is 0.493 e. The Kier molecular flexibility index (Phi) is 7.49. The molecule has 1 aromatic rings. The van der Waals surface area contributed by atoms with Gasteiger partial charge in [-0.05, 0) is 18.8 Å². The van der Waals surface area contributed by atoms with Gasteiger partial charge in [-0.2, -0.15) is 0 Å². The molecule has 2 unspecified atom stereocenters. The predicted molar refractivity (Wildman–Crippen MR) is 96.5 cm³/mol. The fourth-order valence-electron chi connectivity index (χ4n) is 3.27. The van der Waals surface area contributed by atoms with Gasteiger partial charge >= 0.3 is 0 Å². The Morgan fingerprint density at radius 3 is 2.40 bits per heavy atom. The summed E-state index contributed by atoms with van der Waals surface area (Å²) in [5, 5.41) is 0. The summed E-state index contributed by atoms with van der Waals surface area (Å²) >= 11 is 0. The van der Waals surface area contributed by atoms with E-state index in [9.17, 15) is 12.8 Å². The number of hydrogen-bond acceptors (Lipinski definition) is 5. The highest BCUT2D eigenvalue weighted by molar-refractivity contribution is 7.89. The van der Waals surface area contributed by atoms with E-state index in [1.807, 2.05) is 6.92 Å². The van der Waals surface area contributed by atoms with Gasteiger partial charge in [-0.25, -0.2) is 17.5 Å². The van der Waals surface area contributed by atoms with Crippen molar-refractivity contribution >= 4 is 22.4 Å². The van der Waals surface area contributed by atoms with Crippen LogP contribution in [0.2, 0.25) is 0 Å². The Bertz CT molecular complexity index is 702. The number of ether oxygens (including phenoxy) is 2. The molecule has 0 heterocycles. The molecule has 6 nitrogen and oxygen atoms in total. The van der Waals surface area contributed by atoms with Gasteiger partial charge in [0, 0.05) is 24.2 Å². The van der Waals surface area contributed by atoms with Crippen molar-refractivity contribution in [3.05, 3.63) is 17.9 Å². The average molecular weight is 397 g/mol. The van der Waals surface area contributed by atoms with Gasteiger partial charge in [0.05, 0.1) is 14.2 Å². The van der Waals surface area contributed by atoms with Crippen LogP contribution in [0.25, 0.3) is 0 Å². The maximum absolute atomic E-state index is 14.3. The van der Waals surface area contributed by atoms with Crippen LogP contribution in [0.1, 0.15) is 32.6 Å². The summed E-state index contributed by atoms with van der Waals surface area (Å²) in [4.78, 5) is -0.467. The van der Waals surface area contributed by atoms with Crippen molar-refractivity contribution in [1.29, 1.82) is 0 Å². The number of nitrogens with one attached hydrogen (secondary N) is 1. The van der Waals surface area contributed by atoms with Crippen molar-refractivity contribution in [1.82, 2.24) is 4.72 Å². The topological polar surface area (TPSA) is 90.7 Å². The molecular weight excluding hydrogens is 371 g/mol. The van der Waals surface area contributed by atoms with E-state index in [1.165, 1.54) is 14.2 Å². The zero-order valence-corrected chi connectivity index (χ0v) is 16.3. The molecule has 1 saturated carbocycles. The number of sulfonamides is 1. The molecule has 0 amide bonds. The zero-order chi connectivity index (χ0) is 18.0. The van der Waals surface area contributed by atoms with E-state index in [0.717, 1.165) is 31.4 Å². The summed E-state index contributed by atoms with van der Waals surface area (Å²) < 4.78 is 52.7. The molecule has 0 aromatic heterocycles. The Morgan fingerprint density at radius 2 is 1.88 bits per heavy atom.